The molecule has 0 bridgehead atoms. The minimum Gasteiger partial charge on any atom is -0.505 e. The van der Waals surface area contributed by atoms with E-state index in [9.17, 15) is 69.0 Å². The average molecular weight is 1160 g/mol. The maximum atomic E-state index is 13.3. The average Bonchev–Trinajstić information content (AvgIpc) is 3.89. The molecular formula is C60H72Na2O20+2. The van der Waals surface area contributed by atoms with Gasteiger partial charge < -0.3 is 59.1 Å². The smallest absolute Gasteiger partial charge is 0.505 e. The van der Waals surface area contributed by atoms with Crippen LogP contribution in [0.15, 0.2) is 153 Å². The topological polar surface area (TPSA) is 313 Å². The number of carbonyl (C=O) groups excluding carboxylic acids is 8. The molecule has 20 nitrogen and oxygen atoms in total. The predicted octanol–water partition coefficient (Wildman–Crippen LogP) is 1.89. The zero-order chi connectivity index (χ0) is 59.8. The van der Waals surface area contributed by atoms with Crippen LogP contribution >= 0.6 is 0 Å². The summed E-state index contributed by atoms with van der Waals surface area (Å²) in [4.78, 5) is 99.0. The molecule has 6 unspecified atom stereocenters. The molecule has 2 aliphatic heterocycles. The van der Waals surface area contributed by atoms with Crippen molar-refractivity contribution in [2.45, 2.75) is 144 Å². The summed E-state index contributed by atoms with van der Waals surface area (Å²) in [7, 11) is 0. The van der Waals surface area contributed by atoms with Gasteiger partial charge in [-0.3, -0.25) is 28.8 Å². The van der Waals surface area contributed by atoms with E-state index in [0.29, 0.717) is 11.1 Å². The van der Waals surface area contributed by atoms with Crippen molar-refractivity contribution in [3.8, 4) is 0 Å². The molecule has 4 rings (SSSR count). The van der Waals surface area contributed by atoms with Gasteiger partial charge in [-0.2, -0.15) is 0 Å². The molecule has 0 spiro atoms. The molecule has 22 heteroatoms. The second-order valence-corrected chi connectivity index (χ2v) is 21.0. The number of hydrogen-bond donors (Lipinski definition) is 6. The van der Waals surface area contributed by atoms with Gasteiger partial charge in [0.2, 0.25) is 11.5 Å². The van der Waals surface area contributed by atoms with Crippen LogP contribution in [0.5, 0.6) is 0 Å². The zero-order valence-corrected chi connectivity index (χ0v) is 52.6. The Kier molecular flexibility index (Phi) is 28.7. The van der Waals surface area contributed by atoms with Gasteiger partial charge >= 0.3 is 94.9 Å². The molecule has 2 aliphatic carbocycles. The van der Waals surface area contributed by atoms with Crippen molar-refractivity contribution in [2.75, 3.05) is 13.2 Å². The third kappa shape index (κ3) is 21.0. The Bertz CT molecular complexity index is 2700. The van der Waals surface area contributed by atoms with Crippen LogP contribution in [0.2, 0.25) is 0 Å². The third-order valence-electron chi connectivity index (χ3n) is 13.3. The Morgan fingerprint density at radius 2 is 0.829 bits per heavy atom. The van der Waals surface area contributed by atoms with Crippen molar-refractivity contribution >= 4 is 47.4 Å². The number of ketones is 2. The third-order valence-corrected chi connectivity index (χ3v) is 13.3. The number of hydrogen-bond acceptors (Lipinski definition) is 20. The molecule has 432 valence electrons. The van der Waals surface area contributed by atoms with Crippen LogP contribution in [0.3, 0.4) is 0 Å². The molecule has 4 aliphatic rings. The summed E-state index contributed by atoms with van der Waals surface area (Å²) in [5.74, 6) is -10.4. The first kappa shape index (κ1) is 72.0. The number of esters is 6. The summed E-state index contributed by atoms with van der Waals surface area (Å²) in [5.41, 5.74) is 5.25. The summed E-state index contributed by atoms with van der Waals surface area (Å²) in [5, 5.41) is 58.3. The maximum Gasteiger partial charge on any atom is 1.00 e. The van der Waals surface area contributed by atoms with Crippen molar-refractivity contribution in [2.24, 2.45) is 10.8 Å². The number of aliphatic hydroxyl groups excluding tert-OH is 6. The standard InChI is InChI=1S/C60H72O20.2Na/c1-33(17-13-19-35(3)21-23-39-37(5)49(67)43(29-59(39,7)8)77-47(65)27-25-45(63)75-31-41(61)55-51(69)53(71)57(73)79-55)15-11-12-16-34(2)18-14-20-36(4)22-24-40-38(6)50(68)44(30-60(40,9)10)78-48(66)28-26-46(64)76-32-42(62)56-52(70)54(72)58(74)80-56;;/h11-24,41-44,55-56,61-62,69-72H,25-32H2,1-10H3;;/q;2*+1/b12-11+,17-13+,18-14+,23-21+,24-22+,33-15+,34-16+,35-19+,36-20+;;. The molecule has 0 aromatic carbocycles. The van der Waals surface area contributed by atoms with E-state index >= 15 is 0 Å². The van der Waals surface area contributed by atoms with Gasteiger partial charge in [-0.1, -0.05) is 135 Å². The van der Waals surface area contributed by atoms with Gasteiger partial charge in [-0.15, -0.1) is 0 Å². The van der Waals surface area contributed by atoms with E-state index in [2.05, 4.69) is 9.47 Å². The minimum atomic E-state index is -1.66. The Balaban J connectivity index is 0.0000115. The fourth-order valence-electron chi connectivity index (χ4n) is 8.73. The van der Waals surface area contributed by atoms with E-state index in [0.717, 1.165) is 33.4 Å². The Labute approximate surface area is 521 Å². The number of ether oxygens (including phenoxy) is 6. The second kappa shape index (κ2) is 32.7. The molecule has 82 heavy (non-hydrogen) atoms. The molecule has 2 heterocycles. The molecular weight excluding hydrogens is 1090 g/mol. The SMILES string of the molecule is CC1=C(/C=C/C(C)=C/C=C/C(C)=C/C=C/C=C(C)/C=C/C=C(C)/C=C/C2=C(C)C(=O)C(OC(=O)CCC(=O)OCC(O)C3OC(=O)C(O)=C3O)CC2(C)C)C(C)(C)CC(OC(=O)CCC(=O)OCC(O)C2OC(=O)C(O)=C2O)C1=O.[Na+].[Na+]. The van der Waals surface area contributed by atoms with Gasteiger partial charge in [0.15, 0.2) is 47.5 Å². The molecule has 0 saturated heterocycles. The van der Waals surface area contributed by atoms with Crippen LogP contribution in [0, 0.1) is 10.8 Å². The van der Waals surface area contributed by atoms with Crippen molar-refractivity contribution in [1.82, 2.24) is 0 Å². The second-order valence-electron chi connectivity index (χ2n) is 21.0. The first-order chi connectivity index (χ1) is 37.4. The first-order valence-corrected chi connectivity index (χ1v) is 25.8. The maximum absolute atomic E-state index is 13.3. The van der Waals surface area contributed by atoms with Crippen molar-refractivity contribution < 1.29 is 157 Å². The first-order valence-electron chi connectivity index (χ1n) is 25.8. The van der Waals surface area contributed by atoms with Crippen LogP contribution in [0.4, 0.5) is 0 Å². The fourth-order valence-corrected chi connectivity index (χ4v) is 8.73. The van der Waals surface area contributed by atoms with E-state index in [4.69, 9.17) is 18.9 Å². The van der Waals surface area contributed by atoms with Gasteiger partial charge in [-0.25, -0.2) is 9.59 Å². The summed E-state index contributed by atoms with van der Waals surface area (Å²) in [6.45, 7) is 17.5. The number of rotatable bonds is 24. The quantitative estimate of drug-likeness (QED) is 0.0348. The predicted molar refractivity (Wildman–Crippen MR) is 289 cm³/mol. The largest absolute Gasteiger partial charge is 1.00 e. The van der Waals surface area contributed by atoms with Crippen LogP contribution < -0.4 is 59.1 Å². The van der Waals surface area contributed by atoms with Crippen molar-refractivity contribution in [1.29, 1.82) is 0 Å². The molecule has 6 atom stereocenters. The van der Waals surface area contributed by atoms with Crippen LogP contribution in [-0.4, -0.2) is 128 Å². The van der Waals surface area contributed by atoms with Crippen LogP contribution in [-0.2, 0) is 66.8 Å². The summed E-state index contributed by atoms with van der Waals surface area (Å²) < 4.78 is 30.0. The van der Waals surface area contributed by atoms with E-state index in [-0.39, 0.29) is 83.5 Å². The van der Waals surface area contributed by atoms with Gasteiger partial charge in [0.05, 0.1) is 25.7 Å². The number of aliphatic hydroxyl groups is 6. The Morgan fingerprint density at radius 3 is 1.15 bits per heavy atom. The van der Waals surface area contributed by atoms with Gasteiger partial charge in [0.25, 0.3) is 0 Å². The van der Waals surface area contributed by atoms with E-state index in [1.165, 1.54) is 0 Å². The summed E-state index contributed by atoms with van der Waals surface area (Å²) in [6, 6.07) is 0. The van der Waals surface area contributed by atoms with Crippen molar-refractivity contribution in [3.05, 3.63) is 153 Å². The molecule has 0 fully saturated rings. The fraction of sp³-hybridized carbons (Fsp3) is 0.433. The van der Waals surface area contributed by atoms with Gasteiger partial charge in [0, 0.05) is 12.8 Å². The monoisotopic (exact) mass is 1160 g/mol. The Morgan fingerprint density at radius 1 is 0.524 bits per heavy atom. The normalized spacial score (nSPS) is 22.5. The summed E-state index contributed by atoms with van der Waals surface area (Å²) in [6.07, 6.45) is 17.1. The number of allylic oxidation sites excluding steroid dienone is 20. The zero-order valence-electron chi connectivity index (χ0n) is 48.6. The van der Waals surface area contributed by atoms with Gasteiger partial charge in [0.1, 0.15) is 25.4 Å². The van der Waals surface area contributed by atoms with Crippen LogP contribution in [0.1, 0.15) is 108 Å². The number of Topliss-reactive ketones (excluding diaryl/α,β-unsaturated/α-hetero) is 2. The van der Waals surface area contributed by atoms with Crippen molar-refractivity contribution in [3.63, 3.8) is 0 Å². The van der Waals surface area contributed by atoms with E-state index in [1.54, 1.807) is 13.8 Å². The Hall–Kier alpha value is -6.10. The van der Waals surface area contributed by atoms with Gasteiger partial charge in [-0.05, 0) is 74.7 Å². The molecule has 0 amide bonds. The van der Waals surface area contributed by atoms with Crippen LogP contribution in [0.25, 0.3) is 0 Å². The molecule has 0 saturated carbocycles. The molecule has 6 N–H and O–H groups in total. The minimum absolute atomic E-state index is 0. The van der Waals surface area contributed by atoms with E-state index in [1.807, 2.05) is 140 Å². The summed E-state index contributed by atoms with van der Waals surface area (Å²) >= 11 is 0. The van der Waals surface area contributed by atoms with E-state index < -0.39 is 145 Å². The molecule has 0 aromatic heterocycles. The number of carbonyl (C=O) groups is 8. The molecule has 0 aromatic rings. The molecule has 0 radical (unpaired) electrons. The number of cyclic esters (lactones) is 2.